The summed E-state index contributed by atoms with van der Waals surface area (Å²) in [5, 5.41) is 0. The Morgan fingerprint density at radius 2 is 2.00 bits per heavy atom. The summed E-state index contributed by atoms with van der Waals surface area (Å²) in [6.07, 6.45) is 2.10. The van der Waals surface area contributed by atoms with E-state index in [1.807, 2.05) is 13.2 Å². The van der Waals surface area contributed by atoms with Crippen LogP contribution < -0.4 is 0 Å². The van der Waals surface area contributed by atoms with Crippen molar-refractivity contribution in [2.24, 2.45) is 0 Å². The van der Waals surface area contributed by atoms with Crippen LogP contribution in [0.5, 0.6) is 0 Å². The van der Waals surface area contributed by atoms with Crippen molar-refractivity contribution >= 4 is 27.6 Å². The number of ketones is 1. The van der Waals surface area contributed by atoms with Gasteiger partial charge in [0.1, 0.15) is 0 Å². The average molecular weight is 370 g/mol. The largest absolute Gasteiger partial charge is 0.366 e. The first kappa shape index (κ1) is 19.2. The van der Waals surface area contributed by atoms with Gasteiger partial charge in [-0.05, 0) is 38.7 Å². The molecule has 132 valence electrons. The first-order valence-corrected chi connectivity index (χ1v) is 10.5. The van der Waals surface area contributed by atoms with Crippen molar-refractivity contribution < 1.29 is 17.9 Å². The van der Waals surface area contributed by atoms with Gasteiger partial charge < -0.3 is 4.74 Å². The molecule has 1 aromatic rings. The summed E-state index contributed by atoms with van der Waals surface area (Å²) in [6.45, 7) is 7.44. The maximum absolute atomic E-state index is 13.0. The van der Waals surface area contributed by atoms with Crippen molar-refractivity contribution in [3.63, 3.8) is 0 Å². The first-order valence-electron chi connectivity index (χ1n) is 7.68. The van der Waals surface area contributed by atoms with Crippen LogP contribution in [0.15, 0.2) is 41.3 Å². The van der Waals surface area contributed by atoms with Crippen LogP contribution in [-0.4, -0.2) is 49.4 Å². The van der Waals surface area contributed by atoms with E-state index in [1.165, 1.54) is 23.0 Å². The van der Waals surface area contributed by atoms with E-state index in [-0.39, 0.29) is 22.4 Å². The molecule has 0 saturated carbocycles. The molecule has 1 heterocycles. The second kappa shape index (κ2) is 7.82. The van der Waals surface area contributed by atoms with E-state index in [2.05, 4.69) is 6.58 Å². The number of hydrogen-bond acceptors (Lipinski definition) is 5. The summed E-state index contributed by atoms with van der Waals surface area (Å²) >= 11 is 1.51. The zero-order chi connectivity index (χ0) is 17.9. The molecule has 0 spiro atoms. The highest BCUT2D eigenvalue weighted by atomic mass is 32.2. The van der Waals surface area contributed by atoms with Gasteiger partial charge in [-0.25, -0.2) is 8.42 Å². The number of ether oxygens (including phenoxy) is 1. The molecule has 1 aromatic carbocycles. The number of aryl methyl sites for hydroxylation is 1. The summed E-state index contributed by atoms with van der Waals surface area (Å²) < 4.78 is 33.1. The van der Waals surface area contributed by atoms with Crippen molar-refractivity contribution in [1.82, 2.24) is 4.31 Å². The summed E-state index contributed by atoms with van der Waals surface area (Å²) in [7, 11) is -3.71. The molecule has 0 radical (unpaired) electrons. The predicted molar refractivity (Wildman–Crippen MR) is 96.6 cm³/mol. The van der Waals surface area contributed by atoms with Gasteiger partial charge in [0.2, 0.25) is 10.0 Å². The van der Waals surface area contributed by atoms with E-state index in [4.69, 9.17) is 4.74 Å². The number of benzene rings is 1. The predicted octanol–water partition coefficient (Wildman–Crippen LogP) is 2.61. The van der Waals surface area contributed by atoms with Crippen LogP contribution >= 0.6 is 11.8 Å². The number of Topliss-reactive ketones (excluding diaryl/α,β-unsaturated/α-hetero) is 1. The highest BCUT2D eigenvalue weighted by Gasteiger charge is 2.44. The third-order valence-electron chi connectivity index (χ3n) is 4.13. The molecule has 1 fully saturated rings. The van der Waals surface area contributed by atoms with Crippen molar-refractivity contribution in [1.29, 1.82) is 0 Å². The lowest BCUT2D eigenvalue weighted by molar-refractivity contribution is -0.114. The Morgan fingerprint density at radius 1 is 1.38 bits per heavy atom. The molecule has 1 aliphatic rings. The molecule has 7 heteroatoms. The lowest BCUT2D eigenvalue weighted by atomic mass is 10.0. The highest BCUT2D eigenvalue weighted by Crippen LogP contribution is 2.32. The van der Waals surface area contributed by atoms with E-state index < -0.39 is 16.1 Å². The van der Waals surface area contributed by atoms with Gasteiger partial charge in [0.05, 0.1) is 23.0 Å². The molecule has 0 unspecified atom stereocenters. The maximum Gasteiger partial charge on any atom is 0.243 e. The Kier molecular flexibility index (Phi) is 6.25. The van der Waals surface area contributed by atoms with Crippen molar-refractivity contribution in [3.05, 3.63) is 42.0 Å². The van der Waals surface area contributed by atoms with Crippen molar-refractivity contribution in [3.8, 4) is 0 Å². The summed E-state index contributed by atoms with van der Waals surface area (Å²) in [4.78, 5) is 12.0. The molecule has 2 rings (SSSR count). The van der Waals surface area contributed by atoms with Crippen LogP contribution in [0.3, 0.4) is 0 Å². The molecule has 1 aliphatic heterocycles. The first-order chi connectivity index (χ1) is 11.3. The standard InChI is InChI=1S/C17H23NO4S2/c1-12-5-7-15(8-6-12)24(20,21)18-10-9-16(22-11-23-4)17(18)13(2)14(3)19/h5-8,16-17H,2,9-11H2,1,3-4H3/t16-,17+/m0/s1. The third kappa shape index (κ3) is 3.91. The normalized spacial score (nSPS) is 21.8. The molecule has 0 aromatic heterocycles. The maximum atomic E-state index is 13.0. The van der Waals surface area contributed by atoms with Gasteiger partial charge in [0.25, 0.3) is 0 Å². The Morgan fingerprint density at radius 3 is 2.54 bits per heavy atom. The molecule has 24 heavy (non-hydrogen) atoms. The van der Waals surface area contributed by atoms with E-state index in [0.29, 0.717) is 18.9 Å². The summed E-state index contributed by atoms with van der Waals surface area (Å²) in [5.41, 5.74) is 1.26. The molecule has 0 aliphatic carbocycles. The van der Waals surface area contributed by atoms with Crippen LogP contribution in [0.25, 0.3) is 0 Å². The monoisotopic (exact) mass is 369 g/mol. The fourth-order valence-electron chi connectivity index (χ4n) is 2.79. The van der Waals surface area contributed by atoms with E-state index in [9.17, 15) is 13.2 Å². The van der Waals surface area contributed by atoms with Crippen LogP contribution in [0.1, 0.15) is 18.9 Å². The number of hydrogen-bond donors (Lipinski definition) is 0. The quantitative estimate of drug-likeness (QED) is 0.546. The van der Waals surface area contributed by atoms with Crippen LogP contribution in [0.4, 0.5) is 0 Å². The molecule has 5 nitrogen and oxygen atoms in total. The van der Waals surface area contributed by atoms with Gasteiger partial charge in [-0.2, -0.15) is 4.31 Å². The zero-order valence-corrected chi connectivity index (χ0v) is 15.8. The topological polar surface area (TPSA) is 63.7 Å². The Hall–Kier alpha value is -1.15. The number of carbonyl (C=O) groups is 1. The SMILES string of the molecule is C=C(C(C)=O)[C@@H]1[C@@H](OCSC)CCN1S(=O)(=O)c1ccc(C)cc1. The smallest absolute Gasteiger partial charge is 0.243 e. The fourth-order valence-corrected chi connectivity index (χ4v) is 4.76. The van der Waals surface area contributed by atoms with Gasteiger partial charge in [-0.15, -0.1) is 11.8 Å². The fraction of sp³-hybridized carbons (Fsp3) is 0.471. The van der Waals surface area contributed by atoms with E-state index in [0.717, 1.165) is 5.56 Å². The second-order valence-corrected chi connectivity index (χ2v) is 8.56. The van der Waals surface area contributed by atoms with Crippen molar-refractivity contribution in [2.75, 3.05) is 18.7 Å². The minimum Gasteiger partial charge on any atom is -0.366 e. The number of nitrogens with zero attached hydrogens (tertiary/aromatic N) is 1. The minimum atomic E-state index is -3.71. The second-order valence-electron chi connectivity index (χ2n) is 5.86. The number of rotatable bonds is 7. The van der Waals surface area contributed by atoms with Gasteiger partial charge in [0.15, 0.2) is 5.78 Å². The molecular formula is C17H23NO4S2. The lowest BCUT2D eigenvalue weighted by Gasteiger charge is -2.28. The average Bonchev–Trinajstić information content (AvgIpc) is 2.96. The van der Waals surface area contributed by atoms with Crippen molar-refractivity contribution in [2.45, 2.75) is 37.3 Å². The van der Waals surface area contributed by atoms with Crippen LogP contribution in [-0.2, 0) is 19.6 Å². The van der Waals surface area contributed by atoms with Crippen LogP contribution in [0.2, 0.25) is 0 Å². The summed E-state index contributed by atoms with van der Waals surface area (Å²) in [5.74, 6) is 0.230. The van der Waals surface area contributed by atoms with Gasteiger partial charge in [-0.3, -0.25) is 4.79 Å². The van der Waals surface area contributed by atoms with Gasteiger partial charge in [-0.1, -0.05) is 24.3 Å². The number of sulfonamides is 1. The molecule has 0 N–H and O–H groups in total. The minimum absolute atomic E-state index is 0.219. The highest BCUT2D eigenvalue weighted by molar-refractivity contribution is 7.98. The van der Waals surface area contributed by atoms with E-state index in [1.54, 1.807) is 24.3 Å². The molecule has 2 atom stereocenters. The Labute approximate surface area is 148 Å². The van der Waals surface area contributed by atoms with E-state index >= 15 is 0 Å². The van der Waals surface area contributed by atoms with Gasteiger partial charge >= 0.3 is 0 Å². The molecular weight excluding hydrogens is 346 g/mol. The van der Waals surface area contributed by atoms with Crippen LogP contribution in [0, 0.1) is 6.92 Å². The van der Waals surface area contributed by atoms with Gasteiger partial charge in [0, 0.05) is 12.1 Å². The molecule has 0 bridgehead atoms. The zero-order valence-electron chi connectivity index (χ0n) is 14.2. The third-order valence-corrected chi connectivity index (χ3v) is 6.40. The molecule has 0 amide bonds. The molecule has 1 saturated heterocycles. The lowest BCUT2D eigenvalue weighted by Crippen LogP contribution is -2.42. The number of carbonyl (C=O) groups excluding carboxylic acids is 1. The Bertz CT molecular complexity index is 713. The Balaban J connectivity index is 2.37. The summed E-state index contributed by atoms with van der Waals surface area (Å²) in [6, 6.07) is 6.06. The number of thioether (sulfide) groups is 1.